The third-order valence-corrected chi connectivity index (χ3v) is 7.32. The zero-order valence-electron chi connectivity index (χ0n) is 17.9. The van der Waals surface area contributed by atoms with Crippen LogP contribution in [0.1, 0.15) is 25.5 Å². The van der Waals surface area contributed by atoms with Gasteiger partial charge in [0.15, 0.2) is 0 Å². The minimum absolute atomic E-state index is 0.0925. The van der Waals surface area contributed by atoms with Crippen molar-refractivity contribution in [3.05, 3.63) is 42.6 Å². The van der Waals surface area contributed by atoms with Gasteiger partial charge in [0, 0.05) is 48.1 Å². The van der Waals surface area contributed by atoms with Gasteiger partial charge in [-0.3, -0.25) is 4.40 Å². The van der Waals surface area contributed by atoms with E-state index in [4.69, 9.17) is 20.4 Å². The summed E-state index contributed by atoms with van der Waals surface area (Å²) in [5.74, 6) is 0.945. The van der Waals surface area contributed by atoms with E-state index in [-0.39, 0.29) is 17.6 Å². The first-order chi connectivity index (χ1) is 15.1. The third-order valence-electron chi connectivity index (χ3n) is 7.32. The van der Waals surface area contributed by atoms with Crippen molar-refractivity contribution in [2.45, 2.75) is 38.8 Å². The molecule has 0 unspecified atom stereocenters. The molecular formula is C23H27N7O. The van der Waals surface area contributed by atoms with Crippen molar-refractivity contribution in [2.75, 3.05) is 24.6 Å². The fraction of sp³-hybridized carbons (Fsp3) is 0.435. The largest absolute Gasteiger partial charge is 0.376 e. The van der Waals surface area contributed by atoms with Crippen molar-refractivity contribution >= 4 is 22.6 Å². The molecular weight excluding hydrogens is 390 g/mol. The quantitative estimate of drug-likeness (QED) is 0.521. The summed E-state index contributed by atoms with van der Waals surface area (Å²) in [5, 5.41) is 0. The lowest BCUT2D eigenvalue weighted by molar-refractivity contribution is 0.0973. The van der Waals surface area contributed by atoms with Crippen molar-refractivity contribution in [3.8, 4) is 11.1 Å². The number of ether oxygens (including phenoxy) is 1. The summed E-state index contributed by atoms with van der Waals surface area (Å²) < 4.78 is 8.00. The van der Waals surface area contributed by atoms with Gasteiger partial charge in [-0.15, -0.1) is 0 Å². The normalized spacial score (nSPS) is 23.4. The Morgan fingerprint density at radius 1 is 1.23 bits per heavy atom. The number of nitrogens with zero attached hydrogens (tertiary/aromatic N) is 5. The molecule has 2 aliphatic heterocycles. The second-order valence-corrected chi connectivity index (χ2v) is 8.99. The third kappa shape index (κ3) is 2.71. The number of nitrogens with one attached hydrogen (secondary N) is 1. The van der Waals surface area contributed by atoms with Crippen LogP contribution < -0.4 is 10.6 Å². The molecule has 0 radical (unpaired) electrons. The number of aromatic amines is 1. The lowest BCUT2D eigenvalue weighted by Gasteiger charge is -2.41. The number of fused-ring (bicyclic) bond motifs is 2. The number of aromatic nitrogens is 5. The van der Waals surface area contributed by atoms with E-state index in [1.807, 2.05) is 24.5 Å². The van der Waals surface area contributed by atoms with Gasteiger partial charge in [0.05, 0.1) is 35.8 Å². The predicted molar refractivity (Wildman–Crippen MR) is 120 cm³/mol. The van der Waals surface area contributed by atoms with Crippen LogP contribution in [0, 0.1) is 12.3 Å². The van der Waals surface area contributed by atoms with Crippen molar-refractivity contribution in [3.63, 3.8) is 0 Å². The summed E-state index contributed by atoms with van der Waals surface area (Å²) in [6.45, 7) is 6.75. The maximum Gasteiger partial charge on any atom is 0.211 e. The number of hydrogen-bond acceptors (Lipinski definition) is 6. The van der Waals surface area contributed by atoms with Gasteiger partial charge in [0.1, 0.15) is 5.65 Å². The number of imidazole rings is 2. The molecule has 0 saturated carbocycles. The van der Waals surface area contributed by atoms with E-state index in [0.29, 0.717) is 0 Å². The number of nitrogens with two attached hydrogens (primary N) is 1. The van der Waals surface area contributed by atoms with Crippen LogP contribution in [0.4, 0.5) is 5.95 Å². The van der Waals surface area contributed by atoms with Gasteiger partial charge in [-0.2, -0.15) is 0 Å². The van der Waals surface area contributed by atoms with Crippen LogP contribution in [0.3, 0.4) is 0 Å². The van der Waals surface area contributed by atoms with Crippen molar-refractivity contribution < 1.29 is 4.74 Å². The van der Waals surface area contributed by atoms with Gasteiger partial charge in [-0.25, -0.2) is 15.0 Å². The second kappa shape index (κ2) is 6.77. The summed E-state index contributed by atoms with van der Waals surface area (Å²) in [6.07, 6.45) is 7.76. The molecule has 1 aromatic carbocycles. The molecule has 2 saturated heterocycles. The Kier molecular flexibility index (Phi) is 4.10. The monoisotopic (exact) mass is 417 g/mol. The van der Waals surface area contributed by atoms with E-state index in [0.717, 1.165) is 72.0 Å². The number of hydrogen-bond donors (Lipinski definition) is 2. The standard InChI is InChI=1S/C23H27N7O/c1-14-18(16-4-3-5-17-19(16)27-13-26-17)21-25-8-11-30(21)22(28-14)29-9-6-23(7-10-29)12-31-15(2)20(23)24/h3-5,8,11,13,15,20H,6-7,9-10,12,24H2,1-2H3,(H,26,27)/t15-,20+/m0/s1. The van der Waals surface area contributed by atoms with Crippen LogP contribution in [0.5, 0.6) is 0 Å². The zero-order chi connectivity index (χ0) is 21.2. The molecule has 160 valence electrons. The highest BCUT2D eigenvalue weighted by Gasteiger charge is 2.47. The van der Waals surface area contributed by atoms with Crippen LogP contribution in [0.2, 0.25) is 0 Å². The van der Waals surface area contributed by atoms with E-state index in [1.165, 1.54) is 0 Å². The fourth-order valence-corrected chi connectivity index (χ4v) is 5.41. The van der Waals surface area contributed by atoms with Gasteiger partial charge in [-0.1, -0.05) is 12.1 Å². The van der Waals surface area contributed by atoms with E-state index in [2.05, 4.69) is 39.2 Å². The number of H-pyrrole nitrogens is 1. The average Bonchev–Trinajstić information content (AvgIpc) is 3.51. The smallest absolute Gasteiger partial charge is 0.211 e. The van der Waals surface area contributed by atoms with Crippen LogP contribution in [-0.4, -0.2) is 56.2 Å². The number of rotatable bonds is 2. The topological polar surface area (TPSA) is 97.4 Å². The molecule has 2 atom stereocenters. The molecule has 4 aromatic rings. The minimum Gasteiger partial charge on any atom is -0.376 e. The molecule has 0 aliphatic carbocycles. The predicted octanol–water partition coefficient (Wildman–Crippen LogP) is 2.91. The molecule has 3 aromatic heterocycles. The van der Waals surface area contributed by atoms with Gasteiger partial charge in [0.25, 0.3) is 0 Å². The fourth-order valence-electron chi connectivity index (χ4n) is 5.41. The molecule has 0 amide bonds. The molecule has 31 heavy (non-hydrogen) atoms. The SMILES string of the molecule is Cc1nc(N2CCC3(CC2)CO[C@@H](C)[C@H]3N)n2ccnc2c1-c1cccc2nc[nH]c12. The van der Waals surface area contributed by atoms with Gasteiger partial charge in [-0.05, 0) is 32.8 Å². The number of benzene rings is 1. The zero-order valence-corrected chi connectivity index (χ0v) is 17.9. The Balaban J connectivity index is 1.40. The van der Waals surface area contributed by atoms with Crippen molar-refractivity contribution in [1.82, 2.24) is 24.3 Å². The highest BCUT2D eigenvalue weighted by Crippen LogP contribution is 2.42. The lowest BCUT2D eigenvalue weighted by Crippen LogP contribution is -2.51. The lowest BCUT2D eigenvalue weighted by atomic mass is 9.73. The summed E-state index contributed by atoms with van der Waals surface area (Å²) in [5.41, 5.74) is 12.5. The Morgan fingerprint density at radius 3 is 2.84 bits per heavy atom. The molecule has 6 rings (SSSR count). The molecule has 3 N–H and O–H groups in total. The maximum absolute atomic E-state index is 6.51. The molecule has 8 heteroatoms. The molecule has 5 heterocycles. The highest BCUT2D eigenvalue weighted by atomic mass is 16.5. The van der Waals surface area contributed by atoms with E-state index < -0.39 is 0 Å². The van der Waals surface area contributed by atoms with Gasteiger partial charge < -0.3 is 20.4 Å². The Bertz CT molecular complexity index is 1270. The molecule has 2 fully saturated rings. The first-order valence-electron chi connectivity index (χ1n) is 11.0. The average molecular weight is 418 g/mol. The Labute approximate surface area is 180 Å². The van der Waals surface area contributed by atoms with Crippen molar-refractivity contribution in [1.29, 1.82) is 0 Å². The number of piperidine rings is 1. The van der Waals surface area contributed by atoms with Crippen LogP contribution >= 0.6 is 0 Å². The number of aryl methyl sites for hydroxylation is 1. The van der Waals surface area contributed by atoms with Crippen LogP contribution in [-0.2, 0) is 4.74 Å². The first kappa shape index (κ1) is 18.8. The van der Waals surface area contributed by atoms with E-state index in [9.17, 15) is 0 Å². The number of anilines is 1. The summed E-state index contributed by atoms with van der Waals surface area (Å²) in [6, 6.07) is 6.25. The van der Waals surface area contributed by atoms with Gasteiger partial charge >= 0.3 is 0 Å². The molecule has 8 nitrogen and oxygen atoms in total. The summed E-state index contributed by atoms with van der Waals surface area (Å²) in [4.78, 5) is 19.8. The van der Waals surface area contributed by atoms with E-state index in [1.54, 1.807) is 6.33 Å². The van der Waals surface area contributed by atoms with Gasteiger partial charge in [0.2, 0.25) is 5.95 Å². The highest BCUT2D eigenvalue weighted by molar-refractivity contribution is 5.96. The molecule has 1 spiro atoms. The summed E-state index contributed by atoms with van der Waals surface area (Å²) >= 11 is 0. The maximum atomic E-state index is 6.51. The van der Waals surface area contributed by atoms with E-state index >= 15 is 0 Å². The second-order valence-electron chi connectivity index (χ2n) is 8.99. The van der Waals surface area contributed by atoms with Crippen molar-refractivity contribution in [2.24, 2.45) is 11.1 Å². The first-order valence-corrected chi connectivity index (χ1v) is 11.0. The molecule has 2 aliphatic rings. The Morgan fingerprint density at radius 2 is 2.06 bits per heavy atom. The molecule has 0 bridgehead atoms. The summed E-state index contributed by atoms with van der Waals surface area (Å²) in [7, 11) is 0. The van der Waals surface area contributed by atoms with Crippen LogP contribution in [0.25, 0.3) is 27.8 Å². The van der Waals surface area contributed by atoms with Crippen LogP contribution in [0.15, 0.2) is 36.9 Å². The minimum atomic E-state index is 0.0925. The number of para-hydroxylation sites is 1. The Hall–Kier alpha value is -2.97.